The molecule has 0 radical (unpaired) electrons. The van der Waals surface area contributed by atoms with Crippen LogP contribution in [0.25, 0.3) is 0 Å². The second-order valence-electron chi connectivity index (χ2n) is 7.45. The number of likely N-dealkylation sites (tertiary alicyclic amines) is 1. The van der Waals surface area contributed by atoms with Crippen molar-refractivity contribution in [3.05, 3.63) is 95.6 Å². The van der Waals surface area contributed by atoms with Crippen LogP contribution in [0, 0.1) is 0 Å². The summed E-state index contributed by atoms with van der Waals surface area (Å²) in [7, 11) is 1.68. The molecule has 1 aliphatic rings. The van der Waals surface area contributed by atoms with Crippen LogP contribution in [-0.2, 0) is 13.1 Å². The van der Waals surface area contributed by atoms with Crippen molar-refractivity contribution in [3.63, 3.8) is 0 Å². The van der Waals surface area contributed by atoms with E-state index in [9.17, 15) is 4.79 Å². The molecule has 0 spiro atoms. The maximum Gasteiger partial charge on any atom is 0.255 e. The number of carbonyl (C=O) groups is 1. The van der Waals surface area contributed by atoms with Crippen LogP contribution in [0.5, 0.6) is 11.5 Å². The average Bonchev–Trinajstić information content (AvgIpc) is 2.77. The molecule has 5 nitrogen and oxygen atoms in total. The Morgan fingerprint density at radius 3 is 2.50 bits per heavy atom. The number of nitrogens with zero attached hydrogens (tertiary/aromatic N) is 1. The Morgan fingerprint density at radius 2 is 1.70 bits per heavy atom. The van der Waals surface area contributed by atoms with E-state index in [1.54, 1.807) is 7.11 Å². The molecule has 30 heavy (non-hydrogen) atoms. The lowest BCUT2D eigenvalue weighted by Crippen LogP contribution is -2.53. The van der Waals surface area contributed by atoms with Gasteiger partial charge >= 0.3 is 0 Å². The summed E-state index contributed by atoms with van der Waals surface area (Å²) in [6.07, 6.45) is 0.0821. The van der Waals surface area contributed by atoms with Crippen molar-refractivity contribution in [1.29, 1.82) is 0 Å². The van der Waals surface area contributed by atoms with Gasteiger partial charge in [-0.2, -0.15) is 0 Å². The first kappa shape index (κ1) is 20.0. The lowest BCUT2D eigenvalue weighted by atomic mass is 10.1. The molecule has 1 aliphatic heterocycles. The Morgan fingerprint density at radius 1 is 0.967 bits per heavy atom. The summed E-state index contributed by atoms with van der Waals surface area (Å²) < 4.78 is 11.4. The van der Waals surface area contributed by atoms with E-state index in [4.69, 9.17) is 9.47 Å². The highest BCUT2D eigenvalue weighted by atomic mass is 16.5. The molecule has 0 aliphatic carbocycles. The molecule has 0 aromatic heterocycles. The zero-order chi connectivity index (χ0) is 20.8. The van der Waals surface area contributed by atoms with Gasteiger partial charge in [-0.25, -0.2) is 0 Å². The van der Waals surface area contributed by atoms with Gasteiger partial charge in [-0.15, -0.1) is 0 Å². The Bertz CT molecular complexity index is 984. The van der Waals surface area contributed by atoms with Gasteiger partial charge in [0.25, 0.3) is 5.91 Å². The van der Waals surface area contributed by atoms with E-state index in [0.717, 1.165) is 30.9 Å². The summed E-state index contributed by atoms with van der Waals surface area (Å²) in [5, 5.41) is 2.98. The number of amides is 1. The lowest BCUT2D eigenvalue weighted by molar-refractivity contribution is 0.0140. The highest BCUT2D eigenvalue weighted by Crippen LogP contribution is 2.24. The summed E-state index contributed by atoms with van der Waals surface area (Å²) in [5.41, 5.74) is 2.85. The Hall–Kier alpha value is -3.31. The van der Waals surface area contributed by atoms with Gasteiger partial charge in [0.2, 0.25) is 0 Å². The normalized spacial score (nSPS) is 14.0. The minimum atomic E-state index is -0.123. The smallest absolute Gasteiger partial charge is 0.255 e. The van der Waals surface area contributed by atoms with Crippen molar-refractivity contribution in [1.82, 2.24) is 10.2 Å². The quantitative estimate of drug-likeness (QED) is 0.621. The predicted molar refractivity (Wildman–Crippen MR) is 117 cm³/mol. The maximum atomic E-state index is 12.7. The molecule has 0 saturated carbocycles. The minimum absolute atomic E-state index is 0.0821. The fourth-order valence-electron chi connectivity index (χ4n) is 3.57. The number of hydrogen-bond donors (Lipinski definition) is 1. The standard InChI is InChI=1S/C25H26N2O3/c1-29-21-11-7-10-20(14-21)16-27-17-22(18-27)30-24-13-6-5-12-23(24)25(28)26-15-19-8-3-2-4-9-19/h2-14,22H,15-18H2,1H3,(H,26,28). The van der Waals surface area contributed by atoms with Crippen molar-refractivity contribution in [2.45, 2.75) is 19.2 Å². The SMILES string of the molecule is COc1cccc(CN2CC(Oc3ccccc3C(=O)NCc3ccccc3)C2)c1. The molecular weight excluding hydrogens is 376 g/mol. The van der Waals surface area contributed by atoms with E-state index >= 15 is 0 Å². The number of rotatable bonds is 8. The van der Waals surface area contributed by atoms with E-state index in [-0.39, 0.29) is 12.0 Å². The molecule has 1 N–H and O–H groups in total. The first-order valence-electron chi connectivity index (χ1n) is 10.1. The molecule has 1 fully saturated rings. The van der Waals surface area contributed by atoms with Crippen LogP contribution in [0.4, 0.5) is 0 Å². The number of benzene rings is 3. The van der Waals surface area contributed by atoms with E-state index in [1.165, 1.54) is 5.56 Å². The second kappa shape index (κ2) is 9.46. The maximum absolute atomic E-state index is 12.7. The summed E-state index contributed by atoms with van der Waals surface area (Å²) in [5.74, 6) is 1.38. The summed E-state index contributed by atoms with van der Waals surface area (Å²) in [6.45, 7) is 3.01. The van der Waals surface area contributed by atoms with Crippen molar-refractivity contribution >= 4 is 5.91 Å². The van der Waals surface area contributed by atoms with Gasteiger partial charge in [0.05, 0.1) is 12.7 Å². The van der Waals surface area contributed by atoms with Gasteiger partial charge in [-0.05, 0) is 35.4 Å². The Kier molecular flexibility index (Phi) is 6.30. The number of carbonyl (C=O) groups excluding carboxylic acids is 1. The van der Waals surface area contributed by atoms with E-state index in [0.29, 0.717) is 17.9 Å². The molecule has 154 valence electrons. The van der Waals surface area contributed by atoms with Crippen LogP contribution in [0.1, 0.15) is 21.5 Å². The van der Waals surface area contributed by atoms with Gasteiger partial charge in [0.1, 0.15) is 17.6 Å². The number of nitrogens with one attached hydrogen (secondary N) is 1. The van der Waals surface area contributed by atoms with Crippen LogP contribution in [0.3, 0.4) is 0 Å². The van der Waals surface area contributed by atoms with Gasteiger partial charge in [-0.1, -0.05) is 54.6 Å². The van der Waals surface area contributed by atoms with Gasteiger partial charge in [0, 0.05) is 26.2 Å². The Balaban J connectivity index is 1.31. The number of methoxy groups -OCH3 is 1. The van der Waals surface area contributed by atoms with Crippen LogP contribution >= 0.6 is 0 Å². The molecule has 1 amide bonds. The van der Waals surface area contributed by atoms with E-state index in [2.05, 4.69) is 22.3 Å². The molecule has 0 atom stereocenters. The fraction of sp³-hybridized carbons (Fsp3) is 0.240. The molecule has 0 bridgehead atoms. The zero-order valence-electron chi connectivity index (χ0n) is 17.1. The van der Waals surface area contributed by atoms with Gasteiger partial charge in [-0.3, -0.25) is 9.69 Å². The minimum Gasteiger partial charge on any atom is -0.497 e. The van der Waals surface area contributed by atoms with Crippen molar-refractivity contribution < 1.29 is 14.3 Å². The summed E-state index contributed by atoms with van der Waals surface area (Å²) in [6, 6.07) is 25.4. The number of hydrogen-bond acceptors (Lipinski definition) is 4. The first-order valence-corrected chi connectivity index (χ1v) is 10.1. The third-order valence-electron chi connectivity index (χ3n) is 5.19. The molecule has 0 unspecified atom stereocenters. The van der Waals surface area contributed by atoms with Crippen molar-refractivity contribution in [2.75, 3.05) is 20.2 Å². The lowest BCUT2D eigenvalue weighted by Gasteiger charge is -2.39. The van der Waals surface area contributed by atoms with E-state index < -0.39 is 0 Å². The fourth-order valence-corrected chi connectivity index (χ4v) is 3.57. The summed E-state index contributed by atoms with van der Waals surface area (Å²) in [4.78, 5) is 15.0. The van der Waals surface area contributed by atoms with Crippen LogP contribution in [0.15, 0.2) is 78.9 Å². The van der Waals surface area contributed by atoms with Gasteiger partial charge in [0.15, 0.2) is 0 Å². The molecule has 4 rings (SSSR count). The molecular formula is C25H26N2O3. The molecule has 1 saturated heterocycles. The second-order valence-corrected chi connectivity index (χ2v) is 7.45. The number of ether oxygens (including phenoxy) is 2. The van der Waals surface area contributed by atoms with Gasteiger partial charge < -0.3 is 14.8 Å². The van der Waals surface area contributed by atoms with Crippen molar-refractivity contribution in [3.8, 4) is 11.5 Å². The third-order valence-corrected chi connectivity index (χ3v) is 5.19. The Labute approximate surface area is 177 Å². The third kappa shape index (κ3) is 4.99. The molecule has 5 heteroatoms. The topological polar surface area (TPSA) is 50.8 Å². The van der Waals surface area contributed by atoms with Crippen LogP contribution < -0.4 is 14.8 Å². The van der Waals surface area contributed by atoms with Crippen LogP contribution in [0.2, 0.25) is 0 Å². The molecule has 3 aromatic carbocycles. The first-order chi connectivity index (χ1) is 14.7. The highest BCUT2D eigenvalue weighted by Gasteiger charge is 2.29. The zero-order valence-corrected chi connectivity index (χ0v) is 17.1. The van der Waals surface area contributed by atoms with Crippen molar-refractivity contribution in [2.24, 2.45) is 0 Å². The highest BCUT2D eigenvalue weighted by molar-refractivity contribution is 5.96. The predicted octanol–water partition coefficient (Wildman–Crippen LogP) is 3.89. The average molecular weight is 402 g/mol. The largest absolute Gasteiger partial charge is 0.497 e. The monoisotopic (exact) mass is 402 g/mol. The van der Waals surface area contributed by atoms with E-state index in [1.807, 2.05) is 66.7 Å². The molecule has 3 aromatic rings. The number of para-hydroxylation sites is 1. The van der Waals surface area contributed by atoms with Crippen LogP contribution in [-0.4, -0.2) is 37.1 Å². The molecule has 1 heterocycles. The summed E-state index contributed by atoms with van der Waals surface area (Å²) >= 11 is 0.